The molecule has 7 nitrogen and oxygen atoms in total. The van der Waals surface area contributed by atoms with Crippen LogP contribution in [0.5, 0.6) is 5.88 Å². The van der Waals surface area contributed by atoms with Gasteiger partial charge in [-0.25, -0.2) is 14.2 Å². The third kappa shape index (κ3) is 5.08. The Kier molecular flexibility index (Phi) is 7.83. The zero-order valence-electron chi connectivity index (χ0n) is 25.4. The molecule has 0 amide bonds. The molecule has 2 aromatic heterocycles. The standard InChI is InChI=1S/C36H34ClFN6O/c1-21(30-11-6-17-43(30)3)45-36-26-14-18-44(24-13-16-41-23(19-24)12-15-39)35(26)27-20-28(37)32(33(38)34(27)42-36)25-9-4-7-22-8-5-10-29(40-2)31(22)25/h4-5,7-10,14,18,20-21,23-24,30,41H,6,11-13,16-17,19H2,1,3H3/t21-,23+,24-,30-/m0/s1. The summed E-state index contributed by atoms with van der Waals surface area (Å²) in [5.74, 6) is -0.138. The smallest absolute Gasteiger partial charge is 0.223 e. The number of nitrogens with zero attached hydrogens (tertiary/aromatic N) is 5. The molecule has 7 rings (SSSR count). The van der Waals surface area contributed by atoms with E-state index in [0.717, 1.165) is 55.1 Å². The fraction of sp³-hybridized carbons (Fsp3) is 0.361. The molecule has 5 aromatic rings. The van der Waals surface area contributed by atoms with E-state index in [9.17, 15) is 5.26 Å². The van der Waals surface area contributed by atoms with Gasteiger partial charge in [-0.2, -0.15) is 5.26 Å². The van der Waals surface area contributed by atoms with Gasteiger partial charge in [0.25, 0.3) is 0 Å². The second-order valence-electron chi connectivity index (χ2n) is 12.3. The summed E-state index contributed by atoms with van der Waals surface area (Å²) in [6.07, 6.45) is 6.12. The van der Waals surface area contributed by atoms with Crippen LogP contribution in [0.15, 0.2) is 54.7 Å². The number of ether oxygens (including phenoxy) is 1. The Labute approximate surface area is 267 Å². The fourth-order valence-electron chi connectivity index (χ4n) is 7.51. The SMILES string of the molecule is [C-]#[N+]c1cccc2cccc(-c3c(Cl)cc4c(nc(O[C@@H](C)[C@@H]5CCCN5C)c5ccn([C@H]6CCN[C@H](CC#N)C6)c54)c3F)c12. The highest BCUT2D eigenvalue weighted by molar-refractivity contribution is 6.35. The van der Waals surface area contributed by atoms with E-state index in [1.807, 2.05) is 48.7 Å². The molecule has 4 heterocycles. The molecule has 0 bridgehead atoms. The van der Waals surface area contributed by atoms with Crippen LogP contribution in [-0.2, 0) is 0 Å². The summed E-state index contributed by atoms with van der Waals surface area (Å²) in [6.45, 7) is 11.6. The molecule has 228 valence electrons. The Morgan fingerprint density at radius 3 is 2.80 bits per heavy atom. The fourth-order valence-corrected chi connectivity index (χ4v) is 7.81. The van der Waals surface area contributed by atoms with Gasteiger partial charge in [0.05, 0.1) is 35.0 Å². The molecule has 0 spiro atoms. The van der Waals surface area contributed by atoms with E-state index >= 15 is 4.39 Å². The van der Waals surface area contributed by atoms with Crippen LogP contribution < -0.4 is 10.1 Å². The minimum absolute atomic E-state index is 0.0860. The maximum Gasteiger partial charge on any atom is 0.223 e. The van der Waals surface area contributed by atoms with Crippen LogP contribution in [0, 0.1) is 23.7 Å². The highest BCUT2D eigenvalue weighted by atomic mass is 35.5. The second-order valence-corrected chi connectivity index (χ2v) is 12.8. The first kappa shape index (κ1) is 29.5. The topological polar surface area (TPSA) is 70.5 Å². The van der Waals surface area contributed by atoms with Gasteiger partial charge in [0.2, 0.25) is 5.88 Å². The van der Waals surface area contributed by atoms with E-state index in [4.69, 9.17) is 27.9 Å². The summed E-state index contributed by atoms with van der Waals surface area (Å²) in [6, 6.07) is 17.6. The molecule has 0 radical (unpaired) electrons. The molecule has 2 aliphatic rings. The van der Waals surface area contributed by atoms with Crippen LogP contribution in [0.1, 0.15) is 45.1 Å². The van der Waals surface area contributed by atoms with E-state index < -0.39 is 5.82 Å². The van der Waals surface area contributed by atoms with Gasteiger partial charge < -0.3 is 14.6 Å². The molecule has 9 heteroatoms. The van der Waals surface area contributed by atoms with Gasteiger partial charge in [-0.1, -0.05) is 48.0 Å². The van der Waals surface area contributed by atoms with Crippen LogP contribution in [0.2, 0.25) is 5.02 Å². The molecule has 45 heavy (non-hydrogen) atoms. The Morgan fingerprint density at radius 1 is 1.22 bits per heavy atom. The number of piperidine rings is 1. The maximum absolute atomic E-state index is 17.1. The minimum Gasteiger partial charge on any atom is -0.472 e. The van der Waals surface area contributed by atoms with Gasteiger partial charge in [-0.05, 0) is 81.2 Å². The van der Waals surface area contributed by atoms with Crippen molar-refractivity contribution in [2.75, 3.05) is 20.1 Å². The number of halogens is 2. The van der Waals surface area contributed by atoms with Crippen molar-refractivity contribution in [2.24, 2.45) is 0 Å². The molecule has 2 aliphatic heterocycles. The molecule has 1 N–H and O–H groups in total. The molecule has 2 fully saturated rings. The molecule has 2 saturated heterocycles. The molecule has 0 saturated carbocycles. The van der Waals surface area contributed by atoms with E-state index in [1.54, 1.807) is 6.07 Å². The first-order chi connectivity index (χ1) is 21.9. The Balaban J connectivity index is 1.46. The zero-order chi connectivity index (χ0) is 31.2. The largest absolute Gasteiger partial charge is 0.472 e. The van der Waals surface area contributed by atoms with Crippen LogP contribution in [-0.4, -0.2) is 52.8 Å². The van der Waals surface area contributed by atoms with Gasteiger partial charge in [0, 0.05) is 35.3 Å². The van der Waals surface area contributed by atoms with Crippen LogP contribution >= 0.6 is 11.6 Å². The van der Waals surface area contributed by atoms with Gasteiger partial charge in [-0.3, -0.25) is 4.90 Å². The molecular formula is C36H34ClFN6O. The number of likely N-dealkylation sites (N-methyl/N-ethyl adjacent to an activating group) is 1. The summed E-state index contributed by atoms with van der Waals surface area (Å²) in [5, 5.41) is 16.0. The lowest BCUT2D eigenvalue weighted by molar-refractivity contribution is 0.119. The highest BCUT2D eigenvalue weighted by Crippen LogP contribution is 2.45. The summed E-state index contributed by atoms with van der Waals surface area (Å²) in [7, 11) is 2.11. The summed E-state index contributed by atoms with van der Waals surface area (Å²) < 4.78 is 25.9. The van der Waals surface area contributed by atoms with E-state index in [0.29, 0.717) is 34.3 Å². The Hall–Kier alpha value is -4.21. The Bertz CT molecular complexity index is 2020. The van der Waals surface area contributed by atoms with Gasteiger partial charge in [0.15, 0.2) is 11.5 Å². The summed E-state index contributed by atoms with van der Waals surface area (Å²) >= 11 is 7.00. The first-order valence-corrected chi connectivity index (χ1v) is 16.0. The molecule has 3 aromatic carbocycles. The van der Waals surface area contributed by atoms with Crippen molar-refractivity contribution in [3.05, 3.63) is 77.0 Å². The van der Waals surface area contributed by atoms with Gasteiger partial charge in [0.1, 0.15) is 11.6 Å². The minimum atomic E-state index is -0.539. The predicted molar refractivity (Wildman–Crippen MR) is 177 cm³/mol. The number of aromatic nitrogens is 2. The number of hydrogen-bond donors (Lipinski definition) is 1. The second kappa shape index (κ2) is 11.9. The molecule has 4 atom stereocenters. The van der Waals surface area contributed by atoms with Crippen LogP contribution in [0.3, 0.4) is 0 Å². The van der Waals surface area contributed by atoms with Crippen molar-refractivity contribution in [1.29, 1.82) is 5.26 Å². The highest BCUT2D eigenvalue weighted by Gasteiger charge is 2.31. The quantitative estimate of drug-likeness (QED) is 0.193. The van der Waals surface area contributed by atoms with E-state index in [1.165, 1.54) is 0 Å². The zero-order valence-corrected chi connectivity index (χ0v) is 26.1. The van der Waals surface area contributed by atoms with Crippen molar-refractivity contribution in [3.8, 4) is 23.1 Å². The summed E-state index contributed by atoms with van der Waals surface area (Å²) in [5.41, 5.74) is 2.23. The number of nitrogens with one attached hydrogen (secondary N) is 1. The third-order valence-corrected chi connectivity index (χ3v) is 9.99. The lowest BCUT2D eigenvalue weighted by Gasteiger charge is -2.31. The van der Waals surface area contributed by atoms with Crippen molar-refractivity contribution in [2.45, 2.75) is 63.3 Å². The number of rotatable bonds is 6. The van der Waals surface area contributed by atoms with Crippen LogP contribution in [0.25, 0.3) is 48.6 Å². The lowest BCUT2D eigenvalue weighted by Crippen LogP contribution is -2.38. The molecular weight excluding hydrogens is 587 g/mol. The average Bonchev–Trinajstić information content (AvgIpc) is 3.69. The van der Waals surface area contributed by atoms with E-state index in [-0.39, 0.29) is 40.3 Å². The van der Waals surface area contributed by atoms with Crippen molar-refractivity contribution < 1.29 is 9.13 Å². The average molecular weight is 621 g/mol. The van der Waals surface area contributed by atoms with Gasteiger partial charge >= 0.3 is 0 Å². The maximum atomic E-state index is 17.1. The van der Waals surface area contributed by atoms with E-state index in [2.05, 4.69) is 39.7 Å². The number of benzene rings is 3. The van der Waals surface area contributed by atoms with Crippen molar-refractivity contribution >= 4 is 49.9 Å². The lowest BCUT2D eigenvalue weighted by atomic mass is 9.95. The van der Waals surface area contributed by atoms with Crippen molar-refractivity contribution in [1.82, 2.24) is 19.8 Å². The number of likely N-dealkylation sites (tertiary alicyclic amines) is 1. The number of fused-ring (bicyclic) bond motifs is 4. The molecule has 0 unspecified atom stereocenters. The Morgan fingerprint density at radius 2 is 2.04 bits per heavy atom. The van der Waals surface area contributed by atoms with Crippen LogP contribution in [0.4, 0.5) is 10.1 Å². The summed E-state index contributed by atoms with van der Waals surface area (Å²) in [4.78, 5) is 10.9. The molecule has 0 aliphatic carbocycles. The number of nitriles is 1. The van der Waals surface area contributed by atoms with Gasteiger partial charge in [-0.15, -0.1) is 0 Å². The third-order valence-electron chi connectivity index (χ3n) is 9.69. The normalized spacial score (nSPS) is 21.2. The van der Waals surface area contributed by atoms with Crippen molar-refractivity contribution in [3.63, 3.8) is 0 Å². The number of hydrogen-bond acceptors (Lipinski definition) is 5. The number of pyridine rings is 1. The first-order valence-electron chi connectivity index (χ1n) is 15.6. The monoisotopic (exact) mass is 620 g/mol. The predicted octanol–water partition coefficient (Wildman–Crippen LogP) is 8.42.